The molecule has 1 saturated heterocycles. The average Bonchev–Trinajstić information content (AvgIpc) is 2.39. The van der Waals surface area contributed by atoms with Crippen LogP contribution in [-0.2, 0) is 6.54 Å². The van der Waals surface area contributed by atoms with E-state index in [-0.39, 0.29) is 5.56 Å². The van der Waals surface area contributed by atoms with Crippen LogP contribution < -0.4 is 0 Å². The van der Waals surface area contributed by atoms with Gasteiger partial charge in [0.2, 0.25) is 0 Å². The van der Waals surface area contributed by atoms with Crippen molar-refractivity contribution >= 4 is 0 Å². The summed E-state index contributed by atoms with van der Waals surface area (Å²) in [7, 11) is 4.00. The quantitative estimate of drug-likeness (QED) is 0.788. The second-order valence-corrected chi connectivity index (χ2v) is 5.78. The van der Waals surface area contributed by atoms with E-state index in [9.17, 15) is 13.2 Å². The zero-order chi connectivity index (χ0) is 14.9. The summed E-state index contributed by atoms with van der Waals surface area (Å²) < 4.78 is 39.8. The molecule has 1 heterocycles. The summed E-state index contributed by atoms with van der Waals surface area (Å²) in [6.07, 6.45) is 2.00. The van der Waals surface area contributed by atoms with Crippen molar-refractivity contribution in [3.8, 4) is 0 Å². The molecule has 0 amide bonds. The lowest BCUT2D eigenvalue weighted by atomic mass is 9.97. The molecule has 0 bridgehead atoms. The Labute approximate surface area is 118 Å². The van der Waals surface area contributed by atoms with E-state index in [4.69, 9.17) is 0 Å². The number of benzene rings is 1. The lowest BCUT2D eigenvalue weighted by Gasteiger charge is -2.39. The van der Waals surface area contributed by atoms with Crippen molar-refractivity contribution in [1.29, 1.82) is 0 Å². The highest BCUT2D eigenvalue weighted by atomic mass is 19.2. The molecule has 0 spiro atoms. The number of hydrogen-bond donors (Lipinski definition) is 0. The summed E-state index contributed by atoms with van der Waals surface area (Å²) in [6.45, 7) is 3.46. The van der Waals surface area contributed by atoms with Crippen LogP contribution in [0.25, 0.3) is 0 Å². The predicted molar refractivity (Wildman–Crippen MR) is 72.9 cm³/mol. The highest BCUT2D eigenvalue weighted by Crippen LogP contribution is 2.22. The predicted octanol–water partition coefficient (Wildman–Crippen LogP) is 3.02. The van der Waals surface area contributed by atoms with E-state index in [1.54, 1.807) is 0 Å². The molecule has 2 unspecified atom stereocenters. The molecule has 1 aliphatic heterocycles. The maximum Gasteiger partial charge on any atom is 0.161 e. The molecule has 1 fully saturated rings. The fourth-order valence-electron chi connectivity index (χ4n) is 2.75. The summed E-state index contributed by atoms with van der Waals surface area (Å²) in [5, 5.41) is 0. The first kappa shape index (κ1) is 15.3. The van der Waals surface area contributed by atoms with Gasteiger partial charge in [0, 0.05) is 30.3 Å². The van der Waals surface area contributed by atoms with E-state index >= 15 is 0 Å². The Morgan fingerprint density at radius 2 is 1.85 bits per heavy atom. The Kier molecular flexibility index (Phi) is 4.70. The normalized spacial score (nSPS) is 24.4. The van der Waals surface area contributed by atoms with Crippen molar-refractivity contribution in [2.45, 2.75) is 38.4 Å². The van der Waals surface area contributed by atoms with Crippen LogP contribution in [-0.4, -0.2) is 42.5 Å². The average molecular weight is 286 g/mol. The number of halogens is 3. The number of nitrogens with zero attached hydrogens (tertiary/aromatic N) is 2. The number of piperidine rings is 1. The molecule has 1 aliphatic rings. The van der Waals surface area contributed by atoms with Gasteiger partial charge in [0.25, 0.3) is 0 Å². The van der Waals surface area contributed by atoms with Gasteiger partial charge in [-0.05, 0) is 46.5 Å². The minimum atomic E-state index is -1.14. The Morgan fingerprint density at radius 1 is 1.20 bits per heavy atom. The van der Waals surface area contributed by atoms with E-state index in [1.807, 2.05) is 11.9 Å². The van der Waals surface area contributed by atoms with Crippen molar-refractivity contribution < 1.29 is 13.2 Å². The van der Waals surface area contributed by atoms with Gasteiger partial charge >= 0.3 is 0 Å². The molecule has 0 aliphatic carbocycles. The van der Waals surface area contributed by atoms with E-state index in [0.29, 0.717) is 24.7 Å². The first-order valence-electron chi connectivity index (χ1n) is 6.92. The largest absolute Gasteiger partial charge is 0.304 e. The third-order valence-electron chi connectivity index (χ3n) is 4.31. The van der Waals surface area contributed by atoms with Gasteiger partial charge in [0.15, 0.2) is 11.6 Å². The van der Waals surface area contributed by atoms with Gasteiger partial charge in [-0.1, -0.05) is 0 Å². The summed E-state index contributed by atoms with van der Waals surface area (Å²) in [5.74, 6) is -2.81. The number of hydrogen-bond acceptors (Lipinski definition) is 2. The fourth-order valence-corrected chi connectivity index (χ4v) is 2.75. The molecule has 0 saturated carbocycles. The SMILES string of the molecule is CC1CC(N(C)Cc2cc(F)c(F)cc2F)CCN1C. The zero-order valence-electron chi connectivity index (χ0n) is 12.2. The monoisotopic (exact) mass is 286 g/mol. The minimum Gasteiger partial charge on any atom is -0.304 e. The molecule has 20 heavy (non-hydrogen) atoms. The summed E-state index contributed by atoms with van der Waals surface area (Å²) in [4.78, 5) is 4.32. The number of rotatable bonds is 3. The molecule has 5 heteroatoms. The third kappa shape index (κ3) is 3.33. The van der Waals surface area contributed by atoms with Crippen LogP contribution in [0.5, 0.6) is 0 Å². The second-order valence-electron chi connectivity index (χ2n) is 5.78. The van der Waals surface area contributed by atoms with Crippen LogP contribution in [0.4, 0.5) is 13.2 Å². The molecular weight excluding hydrogens is 265 g/mol. The maximum absolute atomic E-state index is 13.7. The van der Waals surface area contributed by atoms with Crippen LogP contribution in [0.3, 0.4) is 0 Å². The van der Waals surface area contributed by atoms with Crippen LogP contribution in [0.15, 0.2) is 12.1 Å². The van der Waals surface area contributed by atoms with E-state index in [2.05, 4.69) is 18.9 Å². The lowest BCUT2D eigenvalue weighted by Crippen LogP contribution is -2.46. The maximum atomic E-state index is 13.7. The third-order valence-corrected chi connectivity index (χ3v) is 4.31. The van der Waals surface area contributed by atoms with Crippen molar-refractivity contribution in [3.63, 3.8) is 0 Å². The van der Waals surface area contributed by atoms with Crippen molar-refractivity contribution in [2.24, 2.45) is 0 Å². The van der Waals surface area contributed by atoms with Crippen LogP contribution in [0.1, 0.15) is 25.3 Å². The Balaban J connectivity index is 2.04. The van der Waals surface area contributed by atoms with E-state index in [1.165, 1.54) is 0 Å². The van der Waals surface area contributed by atoms with Gasteiger partial charge in [-0.3, -0.25) is 4.90 Å². The Bertz CT molecular complexity index is 478. The molecule has 1 aromatic carbocycles. The van der Waals surface area contributed by atoms with Crippen molar-refractivity contribution in [1.82, 2.24) is 9.80 Å². The molecule has 2 rings (SSSR count). The molecular formula is C15H21F3N2. The first-order valence-corrected chi connectivity index (χ1v) is 6.92. The summed E-state index contributed by atoms with van der Waals surface area (Å²) in [5.41, 5.74) is 0.206. The van der Waals surface area contributed by atoms with Crippen molar-refractivity contribution in [2.75, 3.05) is 20.6 Å². The van der Waals surface area contributed by atoms with Gasteiger partial charge in [0.1, 0.15) is 5.82 Å². The molecule has 0 N–H and O–H groups in total. The van der Waals surface area contributed by atoms with Crippen molar-refractivity contribution in [3.05, 3.63) is 35.1 Å². The van der Waals surface area contributed by atoms with Gasteiger partial charge in [-0.2, -0.15) is 0 Å². The Hall–Kier alpha value is -1.07. The van der Waals surface area contributed by atoms with Gasteiger partial charge in [-0.25, -0.2) is 13.2 Å². The molecule has 2 atom stereocenters. The van der Waals surface area contributed by atoms with Crippen LogP contribution in [0, 0.1) is 17.5 Å². The molecule has 2 nitrogen and oxygen atoms in total. The lowest BCUT2D eigenvalue weighted by molar-refractivity contribution is 0.0999. The van der Waals surface area contributed by atoms with Gasteiger partial charge in [-0.15, -0.1) is 0 Å². The summed E-state index contributed by atoms with van der Waals surface area (Å²) in [6, 6.07) is 2.40. The van der Waals surface area contributed by atoms with Crippen LogP contribution >= 0.6 is 0 Å². The highest BCUT2D eigenvalue weighted by Gasteiger charge is 2.26. The standard InChI is InChI=1S/C15H21F3N2/c1-10-6-12(4-5-19(10)2)20(3)9-11-7-14(17)15(18)8-13(11)16/h7-8,10,12H,4-6,9H2,1-3H3. The van der Waals surface area contributed by atoms with Gasteiger partial charge < -0.3 is 4.90 Å². The fraction of sp³-hybridized carbons (Fsp3) is 0.600. The van der Waals surface area contributed by atoms with E-state index in [0.717, 1.165) is 25.5 Å². The molecule has 0 radical (unpaired) electrons. The van der Waals surface area contributed by atoms with Gasteiger partial charge in [0.05, 0.1) is 0 Å². The second kappa shape index (κ2) is 6.14. The zero-order valence-corrected chi connectivity index (χ0v) is 12.2. The molecule has 1 aromatic rings. The first-order chi connectivity index (χ1) is 9.38. The molecule has 0 aromatic heterocycles. The van der Waals surface area contributed by atoms with Crippen LogP contribution in [0.2, 0.25) is 0 Å². The smallest absolute Gasteiger partial charge is 0.161 e. The summed E-state index contributed by atoms with van der Waals surface area (Å²) >= 11 is 0. The van der Waals surface area contributed by atoms with E-state index < -0.39 is 17.5 Å². The Morgan fingerprint density at radius 3 is 2.50 bits per heavy atom. The minimum absolute atomic E-state index is 0.206. The molecule has 112 valence electrons. The highest BCUT2D eigenvalue weighted by molar-refractivity contribution is 5.20. The number of likely N-dealkylation sites (tertiary alicyclic amines) is 1. The topological polar surface area (TPSA) is 6.48 Å².